The highest BCUT2D eigenvalue weighted by molar-refractivity contribution is 5.92. The molecule has 110 valence electrons. The first-order valence-electron chi connectivity index (χ1n) is 6.66. The second-order valence-corrected chi connectivity index (χ2v) is 4.54. The third kappa shape index (κ3) is 4.72. The molecule has 21 heavy (non-hydrogen) atoms. The molecule has 0 amide bonds. The van der Waals surface area contributed by atoms with E-state index in [1.54, 1.807) is 19.2 Å². The van der Waals surface area contributed by atoms with Gasteiger partial charge in [0.15, 0.2) is 5.96 Å². The van der Waals surface area contributed by atoms with Crippen LogP contribution in [0.25, 0.3) is 0 Å². The van der Waals surface area contributed by atoms with Gasteiger partial charge in [0, 0.05) is 12.2 Å². The van der Waals surface area contributed by atoms with E-state index in [-0.39, 0.29) is 5.75 Å². The van der Waals surface area contributed by atoms with Crippen LogP contribution in [0.1, 0.15) is 5.56 Å². The highest BCUT2D eigenvalue weighted by Crippen LogP contribution is 2.14. The zero-order valence-corrected chi connectivity index (χ0v) is 11.9. The minimum atomic E-state index is 0.265. The lowest BCUT2D eigenvalue weighted by molar-refractivity contribution is 0.415. The van der Waals surface area contributed by atoms with E-state index in [0.717, 1.165) is 23.4 Å². The summed E-state index contributed by atoms with van der Waals surface area (Å²) >= 11 is 0. The topological polar surface area (TPSA) is 79.9 Å². The summed E-state index contributed by atoms with van der Waals surface area (Å²) < 4.78 is 5.09. The fourth-order valence-corrected chi connectivity index (χ4v) is 1.88. The molecule has 2 aromatic carbocycles. The lowest BCUT2D eigenvalue weighted by Crippen LogP contribution is -2.23. The first-order valence-corrected chi connectivity index (χ1v) is 6.66. The van der Waals surface area contributed by atoms with Crippen molar-refractivity contribution >= 4 is 11.6 Å². The number of phenols is 1. The quantitative estimate of drug-likeness (QED) is 0.582. The van der Waals surface area contributed by atoms with Crippen molar-refractivity contribution in [1.29, 1.82) is 0 Å². The number of hydrogen-bond donors (Lipinski definition) is 3. The van der Waals surface area contributed by atoms with Gasteiger partial charge in [-0.15, -0.1) is 0 Å². The molecule has 0 unspecified atom stereocenters. The van der Waals surface area contributed by atoms with E-state index < -0.39 is 0 Å². The molecule has 0 aliphatic heterocycles. The first kappa shape index (κ1) is 14.7. The zero-order chi connectivity index (χ0) is 15.1. The summed E-state index contributed by atoms with van der Waals surface area (Å²) in [5, 5.41) is 12.4. The molecule has 0 atom stereocenters. The van der Waals surface area contributed by atoms with E-state index in [1.807, 2.05) is 36.4 Å². The average molecular weight is 285 g/mol. The number of hydrogen-bond acceptors (Lipinski definition) is 3. The molecule has 0 aliphatic rings. The van der Waals surface area contributed by atoms with Gasteiger partial charge in [-0.25, -0.2) is 0 Å². The van der Waals surface area contributed by atoms with Gasteiger partial charge >= 0.3 is 0 Å². The largest absolute Gasteiger partial charge is 0.508 e. The Bertz CT molecular complexity index is 609. The lowest BCUT2D eigenvalue weighted by atomic mass is 10.1. The van der Waals surface area contributed by atoms with Crippen LogP contribution in [0.15, 0.2) is 53.5 Å². The van der Waals surface area contributed by atoms with Crippen LogP contribution in [0.4, 0.5) is 5.69 Å². The van der Waals surface area contributed by atoms with E-state index in [0.29, 0.717) is 12.5 Å². The molecule has 0 spiro atoms. The molecule has 2 rings (SSSR count). The van der Waals surface area contributed by atoms with E-state index in [2.05, 4.69) is 10.3 Å². The Balaban J connectivity index is 1.86. The van der Waals surface area contributed by atoms with Crippen LogP contribution in [0.2, 0.25) is 0 Å². The van der Waals surface area contributed by atoms with E-state index >= 15 is 0 Å². The average Bonchev–Trinajstić information content (AvgIpc) is 2.48. The number of nitrogens with zero attached hydrogens (tertiary/aromatic N) is 1. The van der Waals surface area contributed by atoms with Crippen LogP contribution in [-0.4, -0.2) is 24.7 Å². The van der Waals surface area contributed by atoms with Crippen molar-refractivity contribution in [2.24, 2.45) is 10.7 Å². The molecule has 2 aromatic rings. The molecule has 4 N–H and O–H groups in total. The van der Waals surface area contributed by atoms with Crippen LogP contribution in [-0.2, 0) is 6.42 Å². The number of ether oxygens (including phenoxy) is 1. The molecule has 0 bridgehead atoms. The molecular weight excluding hydrogens is 266 g/mol. The first-order chi connectivity index (χ1) is 10.2. The maximum Gasteiger partial charge on any atom is 0.193 e. The number of phenolic OH excluding ortho intramolecular Hbond substituents is 1. The fraction of sp³-hybridized carbons (Fsp3) is 0.188. The van der Waals surface area contributed by atoms with Gasteiger partial charge in [-0.1, -0.05) is 12.1 Å². The summed E-state index contributed by atoms with van der Waals surface area (Å²) in [6.45, 7) is 0.554. The number of anilines is 1. The maximum absolute atomic E-state index is 9.38. The maximum atomic E-state index is 9.38. The highest BCUT2D eigenvalue weighted by Gasteiger charge is 1.97. The molecule has 0 heterocycles. The van der Waals surface area contributed by atoms with Crippen LogP contribution in [0, 0.1) is 0 Å². The van der Waals surface area contributed by atoms with E-state index in [1.165, 1.54) is 0 Å². The Kier molecular flexibility index (Phi) is 5.04. The summed E-state index contributed by atoms with van der Waals surface area (Å²) in [4.78, 5) is 4.26. The van der Waals surface area contributed by atoms with Gasteiger partial charge in [0.1, 0.15) is 11.5 Å². The minimum absolute atomic E-state index is 0.265. The van der Waals surface area contributed by atoms with Crippen LogP contribution in [0.3, 0.4) is 0 Å². The summed E-state index contributed by atoms with van der Waals surface area (Å²) in [5.41, 5.74) is 7.71. The number of guanidine groups is 1. The van der Waals surface area contributed by atoms with Crippen LogP contribution < -0.4 is 15.8 Å². The summed E-state index contributed by atoms with van der Waals surface area (Å²) in [6.07, 6.45) is 0.722. The Morgan fingerprint density at radius 2 is 2.00 bits per heavy atom. The molecule has 0 aromatic heterocycles. The van der Waals surface area contributed by atoms with Crippen molar-refractivity contribution in [1.82, 2.24) is 0 Å². The van der Waals surface area contributed by atoms with Gasteiger partial charge in [0.2, 0.25) is 0 Å². The van der Waals surface area contributed by atoms with Gasteiger partial charge < -0.3 is 20.9 Å². The number of aromatic hydroxyl groups is 1. The predicted molar refractivity (Wildman–Crippen MR) is 84.9 cm³/mol. The van der Waals surface area contributed by atoms with Crippen molar-refractivity contribution in [3.8, 4) is 11.5 Å². The molecular formula is C16H19N3O2. The summed E-state index contributed by atoms with van der Waals surface area (Å²) in [7, 11) is 1.62. The Hall–Kier alpha value is -2.69. The second-order valence-electron chi connectivity index (χ2n) is 4.54. The van der Waals surface area contributed by atoms with Crippen LogP contribution >= 0.6 is 0 Å². The van der Waals surface area contributed by atoms with Crippen molar-refractivity contribution < 1.29 is 9.84 Å². The molecule has 0 radical (unpaired) electrons. The third-order valence-corrected chi connectivity index (χ3v) is 2.96. The van der Waals surface area contributed by atoms with Gasteiger partial charge in [0.25, 0.3) is 0 Å². The van der Waals surface area contributed by atoms with Gasteiger partial charge in [0.05, 0.1) is 7.11 Å². The smallest absolute Gasteiger partial charge is 0.193 e. The fourth-order valence-electron chi connectivity index (χ4n) is 1.88. The number of nitrogens with one attached hydrogen (secondary N) is 1. The zero-order valence-electron chi connectivity index (χ0n) is 11.9. The third-order valence-electron chi connectivity index (χ3n) is 2.96. The number of nitrogens with two attached hydrogens (primary N) is 1. The predicted octanol–water partition coefficient (Wildman–Crippen LogP) is 2.37. The Morgan fingerprint density at radius 1 is 1.24 bits per heavy atom. The van der Waals surface area contributed by atoms with Crippen molar-refractivity contribution in [2.75, 3.05) is 19.0 Å². The second kappa shape index (κ2) is 7.19. The van der Waals surface area contributed by atoms with Crippen molar-refractivity contribution in [3.05, 3.63) is 54.1 Å². The lowest BCUT2D eigenvalue weighted by Gasteiger charge is -2.06. The highest BCUT2D eigenvalue weighted by atomic mass is 16.5. The van der Waals surface area contributed by atoms with E-state index in [9.17, 15) is 5.11 Å². The van der Waals surface area contributed by atoms with Crippen LogP contribution in [0.5, 0.6) is 11.5 Å². The SMILES string of the molecule is COc1ccc(NC(N)=NCCc2cccc(O)c2)cc1. The molecule has 0 saturated carbocycles. The van der Waals surface area contributed by atoms with E-state index in [4.69, 9.17) is 10.5 Å². The standard InChI is InChI=1S/C16H19N3O2/c1-21-15-7-5-13(6-8-15)19-16(17)18-10-9-12-3-2-4-14(20)11-12/h2-8,11,20H,9-10H2,1H3,(H3,17,18,19). The molecule has 0 aliphatic carbocycles. The van der Waals surface area contributed by atoms with Crippen molar-refractivity contribution in [2.45, 2.75) is 6.42 Å². The monoisotopic (exact) mass is 285 g/mol. The number of methoxy groups -OCH3 is 1. The Morgan fingerprint density at radius 3 is 2.67 bits per heavy atom. The number of aliphatic imine (C=N–C) groups is 1. The molecule has 0 saturated heterocycles. The number of rotatable bonds is 5. The van der Waals surface area contributed by atoms with Crippen molar-refractivity contribution in [3.63, 3.8) is 0 Å². The number of benzene rings is 2. The van der Waals surface area contributed by atoms with Gasteiger partial charge in [-0.2, -0.15) is 0 Å². The molecule has 5 heteroatoms. The summed E-state index contributed by atoms with van der Waals surface area (Å²) in [5.74, 6) is 1.42. The normalized spacial score (nSPS) is 11.2. The summed E-state index contributed by atoms with van der Waals surface area (Å²) in [6, 6.07) is 14.6. The Labute approximate surface area is 124 Å². The van der Waals surface area contributed by atoms with Gasteiger partial charge in [-0.05, 0) is 48.4 Å². The molecule has 0 fully saturated rings. The molecule has 5 nitrogen and oxygen atoms in total. The van der Waals surface area contributed by atoms with Gasteiger partial charge in [-0.3, -0.25) is 4.99 Å². The minimum Gasteiger partial charge on any atom is -0.508 e.